The Morgan fingerprint density at radius 2 is 2.50 bits per heavy atom. The van der Waals surface area contributed by atoms with E-state index in [2.05, 4.69) is 26.2 Å². The second-order valence-electron chi connectivity index (χ2n) is 2.44. The van der Waals surface area contributed by atoms with Crippen molar-refractivity contribution in [3.05, 3.63) is 28.5 Å². The number of halogens is 1. The fourth-order valence-electron chi connectivity index (χ4n) is 0.933. The molecule has 0 aliphatic carbocycles. The minimum absolute atomic E-state index is 0.510. The van der Waals surface area contributed by atoms with Crippen LogP contribution in [0, 0.1) is 0 Å². The summed E-state index contributed by atoms with van der Waals surface area (Å²) in [4.78, 5) is 4.06. The number of rotatable bonds is 3. The van der Waals surface area contributed by atoms with Gasteiger partial charge in [-0.2, -0.15) is 0 Å². The number of hydrogen-bond donors (Lipinski definition) is 2. The second kappa shape index (κ2) is 4.54. The van der Waals surface area contributed by atoms with Gasteiger partial charge >= 0.3 is 0 Å². The highest BCUT2D eigenvalue weighted by Gasteiger charge is 2.10. The number of pyridine rings is 1. The summed E-state index contributed by atoms with van der Waals surface area (Å²) in [6, 6.07) is 3.68. The van der Waals surface area contributed by atoms with E-state index in [0.717, 1.165) is 4.47 Å². The van der Waals surface area contributed by atoms with E-state index in [1.54, 1.807) is 13.2 Å². The molecule has 0 saturated carbocycles. The number of hydrogen-bond acceptors (Lipinski definition) is 3. The van der Waals surface area contributed by atoms with Gasteiger partial charge < -0.3 is 10.4 Å². The van der Waals surface area contributed by atoms with Gasteiger partial charge in [-0.3, -0.25) is 4.98 Å². The summed E-state index contributed by atoms with van der Waals surface area (Å²) in [5, 5.41) is 12.4. The van der Waals surface area contributed by atoms with E-state index in [1.807, 2.05) is 12.1 Å². The first-order valence-electron chi connectivity index (χ1n) is 3.68. The molecule has 12 heavy (non-hydrogen) atoms. The Balaban J connectivity index is 2.79. The third kappa shape index (κ3) is 2.27. The number of aromatic nitrogens is 1. The summed E-state index contributed by atoms with van der Waals surface area (Å²) >= 11 is 3.32. The van der Waals surface area contributed by atoms with Gasteiger partial charge in [-0.25, -0.2) is 0 Å². The first-order chi connectivity index (χ1) is 5.75. The fourth-order valence-corrected chi connectivity index (χ4v) is 1.45. The van der Waals surface area contributed by atoms with Gasteiger partial charge in [-0.1, -0.05) is 0 Å². The molecule has 2 N–H and O–H groups in total. The lowest BCUT2D eigenvalue weighted by Crippen LogP contribution is -2.17. The van der Waals surface area contributed by atoms with Crippen molar-refractivity contribution in [2.45, 2.75) is 6.10 Å². The molecule has 1 heterocycles. The molecule has 0 spiro atoms. The van der Waals surface area contributed by atoms with Crippen LogP contribution in [0.25, 0.3) is 0 Å². The monoisotopic (exact) mass is 230 g/mol. The van der Waals surface area contributed by atoms with Crippen molar-refractivity contribution in [1.29, 1.82) is 0 Å². The van der Waals surface area contributed by atoms with Gasteiger partial charge in [0, 0.05) is 17.2 Å². The number of nitrogens with one attached hydrogen (secondary N) is 1. The van der Waals surface area contributed by atoms with E-state index in [4.69, 9.17) is 0 Å². The molecule has 1 rings (SSSR count). The summed E-state index contributed by atoms with van der Waals surface area (Å²) < 4.78 is 0.841. The van der Waals surface area contributed by atoms with Gasteiger partial charge in [-0.05, 0) is 35.1 Å². The quantitative estimate of drug-likeness (QED) is 0.818. The van der Waals surface area contributed by atoms with Gasteiger partial charge in [0.25, 0.3) is 0 Å². The van der Waals surface area contributed by atoms with Crippen molar-refractivity contribution in [1.82, 2.24) is 10.3 Å². The maximum atomic E-state index is 9.55. The minimum Gasteiger partial charge on any atom is -0.385 e. The van der Waals surface area contributed by atoms with Gasteiger partial charge in [0.05, 0.1) is 5.69 Å². The fraction of sp³-hybridized carbons (Fsp3) is 0.375. The number of likely N-dealkylation sites (N-methyl/N-ethyl adjacent to an activating group) is 1. The van der Waals surface area contributed by atoms with Crippen LogP contribution in [0.5, 0.6) is 0 Å². The lowest BCUT2D eigenvalue weighted by atomic mass is 10.2. The van der Waals surface area contributed by atoms with Crippen molar-refractivity contribution < 1.29 is 5.11 Å². The molecule has 1 aromatic heterocycles. The first-order valence-corrected chi connectivity index (χ1v) is 4.48. The molecule has 0 unspecified atom stereocenters. The molecule has 1 aromatic rings. The van der Waals surface area contributed by atoms with E-state index < -0.39 is 6.10 Å². The summed E-state index contributed by atoms with van der Waals surface area (Å²) in [6.45, 7) is 0.510. The van der Waals surface area contributed by atoms with Gasteiger partial charge in [0.2, 0.25) is 0 Å². The zero-order valence-electron chi connectivity index (χ0n) is 6.79. The van der Waals surface area contributed by atoms with Crippen molar-refractivity contribution in [3.63, 3.8) is 0 Å². The van der Waals surface area contributed by atoms with Crippen LogP contribution >= 0.6 is 15.9 Å². The molecular formula is C8H11BrN2O. The zero-order valence-corrected chi connectivity index (χ0v) is 8.37. The number of nitrogens with zero attached hydrogens (tertiary/aromatic N) is 1. The SMILES string of the molecule is CNC[C@H](O)c1ncccc1Br. The lowest BCUT2D eigenvalue weighted by molar-refractivity contribution is 0.172. The zero-order chi connectivity index (χ0) is 8.97. The molecule has 0 amide bonds. The van der Waals surface area contributed by atoms with Crippen LogP contribution in [0.2, 0.25) is 0 Å². The van der Waals surface area contributed by atoms with Crippen LogP contribution in [0.15, 0.2) is 22.8 Å². The molecule has 0 radical (unpaired) electrons. The number of aliphatic hydroxyl groups is 1. The predicted octanol–water partition coefficient (Wildman–Crippen LogP) is 1.10. The highest BCUT2D eigenvalue weighted by molar-refractivity contribution is 9.10. The molecule has 66 valence electrons. The largest absolute Gasteiger partial charge is 0.385 e. The molecule has 4 heteroatoms. The molecule has 0 fully saturated rings. The molecule has 3 nitrogen and oxygen atoms in total. The number of aliphatic hydroxyl groups excluding tert-OH is 1. The third-order valence-corrected chi connectivity index (χ3v) is 2.17. The summed E-state index contributed by atoms with van der Waals surface area (Å²) in [5.74, 6) is 0. The van der Waals surface area contributed by atoms with Crippen LogP contribution in [-0.2, 0) is 0 Å². The van der Waals surface area contributed by atoms with E-state index in [0.29, 0.717) is 12.2 Å². The van der Waals surface area contributed by atoms with Gasteiger partial charge in [-0.15, -0.1) is 0 Å². The lowest BCUT2D eigenvalue weighted by Gasteiger charge is -2.10. The third-order valence-electron chi connectivity index (χ3n) is 1.50. The molecule has 0 saturated heterocycles. The van der Waals surface area contributed by atoms with Crippen molar-refractivity contribution in [3.8, 4) is 0 Å². The summed E-state index contributed by atoms with van der Waals surface area (Å²) in [5.41, 5.74) is 0.673. The molecule has 0 bridgehead atoms. The van der Waals surface area contributed by atoms with E-state index in [-0.39, 0.29) is 0 Å². The van der Waals surface area contributed by atoms with Crippen LogP contribution in [-0.4, -0.2) is 23.7 Å². The van der Waals surface area contributed by atoms with E-state index >= 15 is 0 Å². The normalized spacial score (nSPS) is 12.9. The molecule has 0 aliphatic heterocycles. The Morgan fingerprint density at radius 1 is 1.75 bits per heavy atom. The second-order valence-corrected chi connectivity index (χ2v) is 3.30. The average Bonchev–Trinajstić information content (AvgIpc) is 2.05. The topological polar surface area (TPSA) is 45.1 Å². The van der Waals surface area contributed by atoms with Crippen molar-refractivity contribution in [2.24, 2.45) is 0 Å². The Bertz CT molecular complexity index is 255. The molecule has 0 aliphatic rings. The standard InChI is InChI=1S/C8H11BrN2O/c1-10-5-7(12)8-6(9)3-2-4-11-8/h2-4,7,10,12H,5H2,1H3/t7-/m0/s1. The Kier molecular flexibility index (Phi) is 3.65. The highest BCUT2D eigenvalue weighted by Crippen LogP contribution is 2.19. The van der Waals surface area contributed by atoms with Crippen LogP contribution < -0.4 is 5.32 Å². The summed E-state index contributed by atoms with van der Waals surface area (Å²) in [7, 11) is 1.79. The van der Waals surface area contributed by atoms with Gasteiger partial charge in [0.15, 0.2) is 0 Å². The Hall–Kier alpha value is -0.450. The molecule has 1 atom stereocenters. The minimum atomic E-state index is -0.550. The molecular weight excluding hydrogens is 220 g/mol. The van der Waals surface area contributed by atoms with Crippen LogP contribution in [0.1, 0.15) is 11.8 Å². The van der Waals surface area contributed by atoms with Gasteiger partial charge in [0.1, 0.15) is 6.10 Å². The predicted molar refractivity (Wildman–Crippen MR) is 50.8 cm³/mol. The maximum absolute atomic E-state index is 9.55. The average molecular weight is 231 g/mol. The van der Waals surface area contributed by atoms with Crippen LogP contribution in [0.4, 0.5) is 0 Å². The first kappa shape index (κ1) is 9.64. The van der Waals surface area contributed by atoms with E-state index in [1.165, 1.54) is 0 Å². The Labute approximate surface area is 80.0 Å². The maximum Gasteiger partial charge on any atom is 0.109 e. The Morgan fingerprint density at radius 3 is 3.08 bits per heavy atom. The van der Waals surface area contributed by atoms with Crippen molar-refractivity contribution >= 4 is 15.9 Å². The summed E-state index contributed by atoms with van der Waals surface area (Å²) in [6.07, 6.45) is 1.12. The smallest absolute Gasteiger partial charge is 0.109 e. The molecule has 0 aromatic carbocycles. The van der Waals surface area contributed by atoms with E-state index in [9.17, 15) is 5.11 Å². The van der Waals surface area contributed by atoms with Crippen molar-refractivity contribution in [2.75, 3.05) is 13.6 Å². The highest BCUT2D eigenvalue weighted by atomic mass is 79.9. The van der Waals surface area contributed by atoms with Crippen LogP contribution in [0.3, 0.4) is 0 Å².